The van der Waals surface area contributed by atoms with Crippen LogP contribution >= 0.6 is 0 Å². The number of pyridine rings is 1. The Balaban J connectivity index is 1.77. The number of hydrogen-bond acceptors (Lipinski definition) is 5. The van der Waals surface area contributed by atoms with Gasteiger partial charge in [-0.05, 0) is 12.1 Å². The monoisotopic (exact) mass is 354 g/mol. The molecule has 0 radical (unpaired) electrons. The van der Waals surface area contributed by atoms with E-state index >= 15 is 0 Å². The summed E-state index contributed by atoms with van der Waals surface area (Å²) in [7, 11) is 1.27. The largest absolute Gasteiger partial charge is 0.467 e. The first-order chi connectivity index (χ1) is 12.6. The van der Waals surface area contributed by atoms with Crippen LogP contribution in [0.15, 0.2) is 53.8 Å². The van der Waals surface area contributed by atoms with Crippen molar-refractivity contribution in [3.05, 3.63) is 65.0 Å². The normalized spacial score (nSPS) is 11.9. The lowest BCUT2D eigenvalue weighted by Crippen LogP contribution is -2.44. The quantitative estimate of drug-likeness (QED) is 0.632. The molecule has 1 atom stereocenters. The predicted octanol–water partition coefficient (Wildman–Crippen LogP) is 0.625. The summed E-state index contributed by atoms with van der Waals surface area (Å²) in [6.45, 7) is -0.0305. The van der Waals surface area contributed by atoms with Crippen molar-refractivity contribution in [1.82, 2.24) is 19.9 Å². The van der Waals surface area contributed by atoms with Crippen LogP contribution in [0.4, 0.5) is 0 Å². The molecular weight excluding hydrogens is 336 g/mol. The molecule has 3 aromatic rings. The van der Waals surface area contributed by atoms with Crippen molar-refractivity contribution in [3.8, 4) is 0 Å². The number of benzene rings is 1. The lowest BCUT2D eigenvalue weighted by molar-refractivity contribution is -0.145. The van der Waals surface area contributed by atoms with E-state index in [1.54, 1.807) is 41.2 Å². The van der Waals surface area contributed by atoms with Crippen molar-refractivity contribution in [2.75, 3.05) is 7.11 Å². The summed E-state index contributed by atoms with van der Waals surface area (Å²) in [5, 5.41) is 3.21. The Kier molecular flexibility index (Phi) is 5.12. The van der Waals surface area contributed by atoms with Crippen molar-refractivity contribution in [3.63, 3.8) is 0 Å². The fraction of sp³-hybridized carbons (Fsp3) is 0.222. The van der Waals surface area contributed by atoms with Crippen LogP contribution in [0.3, 0.4) is 0 Å². The Morgan fingerprint density at radius 1 is 1.31 bits per heavy atom. The second-order valence-corrected chi connectivity index (χ2v) is 5.75. The van der Waals surface area contributed by atoms with Crippen molar-refractivity contribution in [1.29, 1.82) is 0 Å². The fourth-order valence-corrected chi connectivity index (χ4v) is 2.74. The first-order valence-electron chi connectivity index (χ1n) is 8.01. The van der Waals surface area contributed by atoms with Crippen LogP contribution < -0.4 is 10.7 Å². The topological polar surface area (TPSA) is 106 Å². The van der Waals surface area contributed by atoms with Crippen LogP contribution in [-0.2, 0) is 27.3 Å². The van der Waals surface area contributed by atoms with E-state index in [2.05, 4.69) is 15.3 Å². The summed E-state index contributed by atoms with van der Waals surface area (Å²) < 4.78 is 6.43. The first-order valence-corrected chi connectivity index (χ1v) is 8.01. The summed E-state index contributed by atoms with van der Waals surface area (Å²) in [4.78, 5) is 43.1. The zero-order chi connectivity index (χ0) is 18.5. The van der Waals surface area contributed by atoms with E-state index in [1.165, 1.54) is 19.5 Å². The molecule has 0 spiro atoms. The molecule has 0 bridgehead atoms. The fourth-order valence-electron chi connectivity index (χ4n) is 2.74. The number of H-pyrrole nitrogens is 1. The summed E-state index contributed by atoms with van der Waals surface area (Å²) >= 11 is 0. The van der Waals surface area contributed by atoms with E-state index in [4.69, 9.17) is 4.74 Å². The van der Waals surface area contributed by atoms with Gasteiger partial charge in [0.15, 0.2) is 5.43 Å². The van der Waals surface area contributed by atoms with Crippen LogP contribution in [-0.4, -0.2) is 39.6 Å². The molecule has 26 heavy (non-hydrogen) atoms. The number of para-hydroxylation sites is 1. The van der Waals surface area contributed by atoms with E-state index < -0.39 is 12.0 Å². The first kappa shape index (κ1) is 17.4. The van der Waals surface area contributed by atoms with Gasteiger partial charge in [0.1, 0.15) is 12.6 Å². The van der Waals surface area contributed by atoms with Crippen molar-refractivity contribution in [2.45, 2.75) is 19.0 Å². The minimum atomic E-state index is -0.835. The molecule has 3 rings (SSSR count). The van der Waals surface area contributed by atoms with Gasteiger partial charge in [-0.25, -0.2) is 9.78 Å². The van der Waals surface area contributed by atoms with Gasteiger partial charge >= 0.3 is 5.97 Å². The van der Waals surface area contributed by atoms with Gasteiger partial charge in [0.2, 0.25) is 5.91 Å². The van der Waals surface area contributed by atoms with Gasteiger partial charge in [0, 0.05) is 36.0 Å². The standard InChI is InChI=1S/C18H18N4O4/c1-26-18(25)14(8-12-9-19-11-20-12)21-17(24)10-22-7-6-16(23)13-4-2-3-5-15(13)22/h2-7,9,11,14H,8,10H2,1H3,(H,19,20)(H,21,24)/t14-/m1/s1. The van der Waals surface area contributed by atoms with E-state index in [0.29, 0.717) is 16.6 Å². The van der Waals surface area contributed by atoms with Crippen LogP contribution in [0.2, 0.25) is 0 Å². The smallest absolute Gasteiger partial charge is 0.328 e. The number of carbonyl (C=O) groups excluding carboxylic acids is 2. The van der Waals surface area contributed by atoms with Gasteiger partial charge in [-0.3, -0.25) is 9.59 Å². The second kappa shape index (κ2) is 7.64. The summed E-state index contributed by atoms with van der Waals surface area (Å²) in [6, 6.07) is 7.63. The third-order valence-corrected chi connectivity index (χ3v) is 4.00. The van der Waals surface area contributed by atoms with E-state index in [0.717, 1.165) is 0 Å². The zero-order valence-corrected chi connectivity index (χ0v) is 14.1. The van der Waals surface area contributed by atoms with Gasteiger partial charge in [0.05, 0.1) is 19.0 Å². The van der Waals surface area contributed by atoms with Gasteiger partial charge in [-0.15, -0.1) is 0 Å². The van der Waals surface area contributed by atoms with Gasteiger partial charge in [-0.2, -0.15) is 0 Å². The minimum absolute atomic E-state index is 0.0305. The van der Waals surface area contributed by atoms with Gasteiger partial charge in [-0.1, -0.05) is 12.1 Å². The highest BCUT2D eigenvalue weighted by Gasteiger charge is 2.22. The highest BCUT2D eigenvalue weighted by molar-refractivity contribution is 5.86. The molecular formula is C18H18N4O4. The Hall–Kier alpha value is -3.42. The molecule has 2 aromatic heterocycles. The van der Waals surface area contributed by atoms with E-state index in [9.17, 15) is 14.4 Å². The number of carbonyl (C=O) groups is 2. The Morgan fingerprint density at radius 2 is 2.12 bits per heavy atom. The number of esters is 1. The van der Waals surface area contributed by atoms with Crippen LogP contribution in [0.25, 0.3) is 10.9 Å². The molecule has 2 heterocycles. The van der Waals surface area contributed by atoms with Gasteiger partial charge < -0.3 is 19.6 Å². The SMILES string of the molecule is COC(=O)[C@@H](Cc1cnc[nH]1)NC(=O)Cn1ccc(=O)c2ccccc21. The number of nitrogens with one attached hydrogen (secondary N) is 2. The third kappa shape index (κ3) is 3.80. The van der Waals surface area contributed by atoms with Crippen LogP contribution in [0.5, 0.6) is 0 Å². The highest BCUT2D eigenvalue weighted by atomic mass is 16.5. The average molecular weight is 354 g/mol. The maximum atomic E-state index is 12.5. The highest BCUT2D eigenvalue weighted by Crippen LogP contribution is 2.09. The molecule has 0 aliphatic rings. The maximum absolute atomic E-state index is 12.5. The number of rotatable bonds is 6. The molecule has 0 saturated heterocycles. The summed E-state index contributed by atoms with van der Waals surface area (Å²) in [6.07, 6.45) is 4.88. The number of ether oxygens (including phenoxy) is 1. The second-order valence-electron chi connectivity index (χ2n) is 5.75. The maximum Gasteiger partial charge on any atom is 0.328 e. The predicted molar refractivity (Wildman–Crippen MR) is 94.4 cm³/mol. The third-order valence-electron chi connectivity index (χ3n) is 4.00. The van der Waals surface area contributed by atoms with Gasteiger partial charge in [0.25, 0.3) is 0 Å². The number of aromatic amines is 1. The van der Waals surface area contributed by atoms with Crippen LogP contribution in [0.1, 0.15) is 5.69 Å². The number of hydrogen-bond donors (Lipinski definition) is 2. The van der Waals surface area contributed by atoms with E-state index in [1.807, 2.05) is 0 Å². The Labute approximate surface area is 148 Å². The average Bonchev–Trinajstić information content (AvgIpc) is 3.16. The molecule has 8 heteroatoms. The van der Waals surface area contributed by atoms with Crippen LogP contribution in [0, 0.1) is 0 Å². The van der Waals surface area contributed by atoms with Crippen molar-refractivity contribution < 1.29 is 14.3 Å². The molecule has 0 saturated carbocycles. The minimum Gasteiger partial charge on any atom is -0.467 e. The molecule has 2 N–H and O–H groups in total. The van der Waals surface area contributed by atoms with Crippen molar-refractivity contribution >= 4 is 22.8 Å². The molecule has 0 fully saturated rings. The summed E-state index contributed by atoms with van der Waals surface area (Å²) in [5.41, 5.74) is 1.25. The number of nitrogens with zero attached hydrogens (tertiary/aromatic N) is 2. The zero-order valence-electron chi connectivity index (χ0n) is 14.1. The molecule has 0 aliphatic heterocycles. The number of aromatic nitrogens is 3. The Morgan fingerprint density at radius 3 is 2.85 bits per heavy atom. The number of amides is 1. The van der Waals surface area contributed by atoms with Crippen molar-refractivity contribution in [2.24, 2.45) is 0 Å². The molecule has 1 amide bonds. The van der Waals surface area contributed by atoms with E-state index in [-0.39, 0.29) is 24.3 Å². The summed E-state index contributed by atoms with van der Waals surface area (Å²) in [5.74, 6) is -0.911. The molecule has 134 valence electrons. The molecule has 8 nitrogen and oxygen atoms in total. The molecule has 0 aliphatic carbocycles. The lowest BCUT2D eigenvalue weighted by atomic mass is 10.1. The number of methoxy groups -OCH3 is 1. The number of fused-ring (bicyclic) bond motifs is 1. The number of imidazole rings is 1. The molecule has 1 aromatic carbocycles. The Bertz CT molecular complexity index is 978. The molecule has 0 unspecified atom stereocenters. The lowest BCUT2D eigenvalue weighted by Gasteiger charge is -2.17.